The Morgan fingerprint density at radius 3 is 2.45 bits per heavy atom. The third-order valence-corrected chi connectivity index (χ3v) is 6.52. The molecule has 0 aliphatic carbocycles. The van der Waals surface area contributed by atoms with E-state index < -0.39 is 24.5 Å². The van der Waals surface area contributed by atoms with Gasteiger partial charge >= 0.3 is 5.97 Å². The van der Waals surface area contributed by atoms with Crippen molar-refractivity contribution in [1.82, 2.24) is 4.90 Å². The highest BCUT2D eigenvalue weighted by molar-refractivity contribution is 8.01. The number of methoxy groups -OCH3 is 3. The smallest absolute Gasteiger partial charge is 0.330 e. The number of carbonyl (C=O) groups is 3. The molecule has 0 unspecified atom stereocenters. The zero-order valence-electron chi connectivity index (χ0n) is 16.8. The fourth-order valence-electron chi connectivity index (χ4n) is 3.58. The number of hydrogen-bond acceptors (Lipinski definition) is 8. The van der Waals surface area contributed by atoms with Crippen LogP contribution in [-0.4, -0.2) is 67.3 Å². The summed E-state index contributed by atoms with van der Waals surface area (Å²) in [4.78, 5) is 38.1. The molecule has 0 aromatic heterocycles. The summed E-state index contributed by atoms with van der Waals surface area (Å²) in [5.41, 5.74) is 0.402. The summed E-state index contributed by atoms with van der Waals surface area (Å²) in [7, 11) is 4.42. The van der Waals surface area contributed by atoms with Crippen molar-refractivity contribution < 1.29 is 33.3 Å². The van der Waals surface area contributed by atoms with Gasteiger partial charge in [0.1, 0.15) is 6.04 Å². The second kappa shape index (κ2) is 8.40. The van der Waals surface area contributed by atoms with Crippen molar-refractivity contribution >= 4 is 35.2 Å². The van der Waals surface area contributed by atoms with Crippen molar-refractivity contribution in [2.75, 3.05) is 39.0 Å². The highest BCUT2D eigenvalue weighted by Gasteiger charge is 2.53. The van der Waals surface area contributed by atoms with Gasteiger partial charge in [0.15, 0.2) is 18.1 Å². The van der Waals surface area contributed by atoms with E-state index in [0.29, 0.717) is 41.5 Å². The topological polar surface area (TPSA) is 103 Å². The summed E-state index contributed by atoms with van der Waals surface area (Å²) in [5.74, 6) is 0.487. The molecule has 29 heavy (non-hydrogen) atoms. The number of nitrogens with zero attached hydrogens (tertiary/aromatic N) is 1. The summed E-state index contributed by atoms with van der Waals surface area (Å²) >= 11 is 1.57. The van der Waals surface area contributed by atoms with Crippen LogP contribution in [0.4, 0.5) is 5.69 Å². The standard InChI is InChI=1S/C19H24N2O7S/c1-19-6-5-16(23)21(19)12(10-29-19)18(24)28-9-15(22)20-11-7-13(25-2)17(27-4)14(8-11)26-3/h7-8,12H,5-6,9-10H2,1-4H3,(H,20,22)/t12-,19+/m0/s1. The SMILES string of the molecule is COc1cc(NC(=O)COC(=O)[C@@H]2CS[C@]3(C)CCC(=O)N23)cc(OC)c1OC. The molecule has 0 radical (unpaired) electrons. The lowest BCUT2D eigenvalue weighted by Gasteiger charge is -2.29. The van der Waals surface area contributed by atoms with Gasteiger partial charge in [0.25, 0.3) is 5.91 Å². The number of amides is 2. The average molecular weight is 424 g/mol. The Kier molecular flexibility index (Phi) is 6.11. The maximum absolute atomic E-state index is 12.5. The third kappa shape index (κ3) is 4.07. The van der Waals surface area contributed by atoms with E-state index in [-0.39, 0.29) is 10.8 Å². The molecule has 1 aromatic rings. The first kappa shape index (κ1) is 21.1. The minimum Gasteiger partial charge on any atom is -0.493 e. The van der Waals surface area contributed by atoms with E-state index in [1.54, 1.807) is 28.8 Å². The quantitative estimate of drug-likeness (QED) is 0.659. The van der Waals surface area contributed by atoms with E-state index in [1.165, 1.54) is 21.3 Å². The van der Waals surface area contributed by atoms with Crippen molar-refractivity contribution in [3.8, 4) is 17.2 Å². The number of hydrogen-bond donors (Lipinski definition) is 1. The van der Waals surface area contributed by atoms with Gasteiger partial charge in [-0.2, -0.15) is 0 Å². The summed E-state index contributed by atoms with van der Waals surface area (Å²) < 4.78 is 20.9. The number of carbonyl (C=O) groups excluding carboxylic acids is 3. The summed E-state index contributed by atoms with van der Waals surface area (Å²) in [6.45, 7) is 1.49. The minimum atomic E-state index is -0.658. The van der Waals surface area contributed by atoms with Gasteiger partial charge in [0.05, 0.1) is 26.2 Å². The second-order valence-electron chi connectivity index (χ2n) is 6.84. The molecule has 2 amide bonds. The van der Waals surface area contributed by atoms with E-state index in [4.69, 9.17) is 18.9 Å². The van der Waals surface area contributed by atoms with Gasteiger partial charge < -0.3 is 29.2 Å². The zero-order chi connectivity index (χ0) is 21.2. The molecule has 2 aliphatic heterocycles. The highest BCUT2D eigenvalue weighted by Crippen LogP contribution is 2.47. The Morgan fingerprint density at radius 1 is 1.21 bits per heavy atom. The van der Waals surface area contributed by atoms with Crippen molar-refractivity contribution in [1.29, 1.82) is 0 Å². The zero-order valence-corrected chi connectivity index (χ0v) is 17.6. The van der Waals surface area contributed by atoms with Crippen LogP contribution in [0, 0.1) is 0 Å². The predicted octanol–water partition coefficient (Wildman–Crippen LogP) is 1.65. The molecular weight excluding hydrogens is 400 g/mol. The summed E-state index contributed by atoms with van der Waals surface area (Å²) in [5, 5.41) is 2.63. The van der Waals surface area contributed by atoms with Crippen molar-refractivity contribution in [3.05, 3.63) is 12.1 Å². The largest absolute Gasteiger partial charge is 0.493 e. The number of esters is 1. The molecule has 2 heterocycles. The fourth-order valence-corrected chi connectivity index (χ4v) is 4.99. The molecule has 2 atom stereocenters. The molecule has 3 rings (SSSR count). The first-order valence-electron chi connectivity index (χ1n) is 9.05. The fraction of sp³-hybridized carbons (Fsp3) is 0.526. The van der Waals surface area contributed by atoms with E-state index in [0.717, 1.165) is 0 Å². The van der Waals surface area contributed by atoms with Crippen molar-refractivity contribution in [3.63, 3.8) is 0 Å². The monoisotopic (exact) mass is 424 g/mol. The lowest BCUT2D eigenvalue weighted by Crippen LogP contribution is -2.47. The molecule has 0 spiro atoms. The van der Waals surface area contributed by atoms with E-state index in [9.17, 15) is 14.4 Å². The van der Waals surface area contributed by atoms with E-state index in [2.05, 4.69) is 5.32 Å². The van der Waals surface area contributed by atoms with Crippen LogP contribution in [0.5, 0.6) is 17.2 Å². The number of anilines is 1. The Morgan fingerprint density at radius 2 is 1.86 bits per heavy atom. The highest BCUT2D eigenvalue weighted by atomic mass is 32.2. The molecule has 0 saturated carbocycles. The van der Waals surface area contributed by atoms with Gasteiger partial charge in [0, 0.05) is 30.0 Å². The van der Waals surface area contributed by atoms with Crippen LogP contribution in [0.2, 0.25) is 0 Å². The lowest BCUT2D eigenvalue weighted by molar-refractivity contribution is -0.155. The van der Waals surface area contributed by atoms with Crippen LogP contribution in [0.3, 0.4) is 0 Å². The van der Waals surface area contributed by atoms with Crippen LogP contribution in [0.1, 0.15) is 19.8 Å². The number of ether oxygens (including phenoxy) is 4. The number of benzene rings is 1. The van der Waals surface area contributed by atoms with Crippen LogP contribution in [0.25, 0.3) is 0 Å². The number of nitrogens with one attached hydrogen (secondary N) is 1. The van der Waals surface area contributed by atoms with Crippen molar-refractivity contribution in [2.24, 2.45) is 0 Å². The van der Waals surface area contributed by atoms with Gasteiger partial charge in [-0.25, -0.2) is 4.79 Å². The lowest BCUT2D eigenvalue weighted by atomic mass is 10.2. The van der Waals surface area contributed by atoms with Gasteiger partial charge in [-0.1, -0.05) is 0 Å². The van der Waals surface area contributed by atoms with Crippen LogP contribution >= 0.6 is 11.8 Å². The Hall–Kier alpha value is -2.62. The summed E-state index contributed by atoms with van der Waals surface area (Å²) in [6, 6.07) is 2.49. The van der Waals surface area contributed by atoms with Crippen LogP contribution in [0.15, 0.2) is 12.1 Å². The number of rotatable bonds is 7. The second-order valence-corrected chi connectivity index (χ2v) is 8.34. The number of fused-ring (bicyclic) bond motifs is 1. The maximum Gasteiger partial charge on any atom is 0.330 e. The normalized spacial score (nSPS) is 22.8. The molecule has 0 bridgehead atoms. The molecule has 2 saturated heterocycles. The first-order chi connectivity index (χ1) is 13.8. The van der Waals surface area contributed by atoms with E-state index >= 15 is 0 Å². The molecular formula is C19H24N2O7S. The Balaban J connectivity index is 1.60. The predicted molar refractivity (Wildman–Crippen MR) is 106 cm³/mol. The van der Waals surface area contributed by atoms with E-state index in [1.807, 2.05) is 6.92 Å². The van der Waals surface area contributed by atoms with Crippen LogP contribution < -0.4 is 19.5 Å². The van der Waals surface area contributed by atoms with Crippen molar-refractivity contribution in [2.45, 2.75) is 30.7 Å². The molecule has 158 valence electrons. The van der Waals surface area contributed by atoms with Gasteiger partial charge in [-0.3, -0.25) is 9.59 Å². The molecule has 9 nitrogen and oxygen atoms in total. The molecule has 10 heteroatoms. The third-order valence-electron chi connectivity index (χ3n) is 5.01. The van der Waals surface area contributed by atoms with Gasteiger partial charge in [-0.05, 0) is 13.3 Å². The van der Waals surface area contributed by atoms with Crippen LogP contribution in [-0.2, 0) is 19.1 Å². The Labute approximate surface area is 173 Å². The Bertz CT molecular complexity index is 806. The first-order valence-corrected chi connectivity index (χ1v) is 10.0. The average Bonchev–Trinajstić information content (AvgIpc) is 3.21. The molecule has 1 N–H and O–H groups in total. The van der Waals surface area contributed by atoms with Gasteiger partial charge in [0.2, 0.25) is 11.7 Å². The number of thioether (sulfide) groups is 1. The molecule has 2 aliphatic rings. The van der Waals surface area contributed by atoms with Gasteiger partial charge in [-0.15, -0.1) is 11.8 Å². The summed E-state index contributed by atoms with van der Waals surface area (Å²) in [6.07, 6.45) is 1.14. The minimum absolute atomic E-state index is 0.0543. The molecule has 2 fully saturated rings. The maximum atomic E-state index is 12.5. The molecule has 1 aromatic carbocycles.